The number of methoxy groups -OCH3 is 1. The third-order valence-electron chi connectivity index (χ3n) is 3.09. The molecule has 0 amide bonds. The van der Waals surface area contributed by atoms with E-state index in [0.717, 1.165) is 5.56 Å². The number of carbonyl (C=O) groups is 1. The molecule has 2 aromatic carbocycles. The molecule has 0 fully saturated rings. The highest BCUT2D eigenvalue weighted by Gasteiger charge is 2.15. The standard InChI is InChI=1S/C15H14N2O5/c1-22-12-5-2-10(3-6-12)9-16-14-8-11(17(20)21)4-7-13(14)15(18)19/h2-8,16H,9H2,1H3,(H,18,19). The topological polar surface area (TPSA) is 102 Å². The van der Waals surface area contributed by atoms with Crippen LogP contribution in [0.1, 0.15) is 15.9 Å². The highest BCUT2D eigenvalue weighted by atomic mass is 16.6. The Hall–Kier alpha value is -3.09. The van der Waals surface area contributed by atoms with Gasteiger partial charge in [-0.25, -0.2) is 4.79 Å². The average molecular weight is 302 g/mol. The molecule has 114 valence electrons. The number of aromatic carboxylic acids is 1. The number of hydrogen-bond donors (Lipinski definition) is 2. The van der Waals surface area contributed by atoms with Crippen molar-refractivity contribution in [2.45, 2.75) is 6.54 Å². The molecule has 7 nitrogen and oxygen atoms in total. The number of nitrogens with zero attached hydrogens (tertiary/aromatic N) is 1. The molecule has 0 spiro atoms. The number of nitro groups is 1. The first-order valence-electron chi connectivity index (χ1n) is 6.40. The van der Waals surface area contributed by atoms with Crippen molar-refractivity contribution >= 4 is 17.3 Å². The van der Waals surface area contributed by atoms with Crippen molar-refractivity contribution < 1.29 is 19.6 Å². The Morgan fingerprint density at radius 3 is 2.50 bits per heavy atom. The van der Waals surface area contributed by atoms with Crippen molar-refractivity contribution in [2.24, 2.45) is 0 Å². The molecule has 0 bridgehead atoms. The quantitative estimate of drug-likeness (QED) is 0.628. The normalized spacial score (nSPS) is 10.0. The smallest absolute Gasteiger partial charge is 0.337 e. The molecule has 0 atom stereocenters. The number of benzene rings is 2. The molecule has 0 heterocycles. The molecule has 0 aliphatic carbocycles. The Labute approximate surface area is 126 Å². The van der Waals surface area contributed by atoms with Gasteiger partial charge in [-0.3, -0.25) is 10.1 Å². The Morgan fingerprint density at radius 1 is 1.27 bits per heavy atom. The van der Waals surface area contributed by atoms with E-state index in [1.165, 1.54) is 18.2 Å². The molecule has 0 saturated carbocycles. The van der Waals surface area contributed by atoms with Gasteiger partial charge in [0.25, 0.3) is 5.69 Å². The summed E-state index contributed by atoms with van der Waals surface area (Å²) in [6.07, 6.45) is 0. The van der Waals surface area contributed by atoms with Crippen LogP contribution in [-0.2, 0) is 6.54 Å². The van der Waals surface area contributed by atoms with Gasteiger partial charge in [-0.2, -0.15) is 0 Å². The van der Waals surface area contributed by atoms with Crippen LogP contribution in [0.3, 0.4) is 0 Å². The number of carboxylic acids is 1. The predicted molar refractivity (Wildman–Crippen MR) is 80.4 cm³/mol. The van der Waals surface area contributed by atoms with Crippen molar-refractivity contribution in [3.63, 3.8) is 0 Å². The van der Waals surface area contributed by atoms with Crippen LogP contribution in [0.25, 0.3) is 0 Å². The minimum atomic E-state index is -1.15. The molecule has 0 radical (unpaired) electrons. The van der Waals surface area contributed by atoms with E-state index in [0.29, 0.717) is 12.3 Å². The van der Waals surface area contributed by atoms with Crippen LogP contribution in [0.2, 0.25) is 0 Å². The van der Waals surface area contributed by atoms with Crippen molar-refractivity contribution in [1.29, 1.82) is 0 Å². The Morgan fingerprint density at radius 2 is 1.95 bits per heavy atom. The first kappa shape index (κ1) is 15.3. The minimum absolute atomic E-state index is 0.0147. The zero-order valence-electron chi connectivity index (χ0n) is 11.8. The summed E-state index contributed by atoms with van der Waals surface area (Å²) in [6, 6.07) is 10.8. The molecule has 2 aromatic rings. The van der Waals surface area contributed by atoms with Crippen molar-refractivity contribution in [3.05, 3.63) is 63.7 Å². The van der Waals surface area contributed by atoms with Gasteiger partial charge in [-0.05, 0) is 23.8 Å². The predicted octanol–water partition coefficient (Wildman–Crippen LogP) is 2.91. The number of hydrogen-bond acceptors (Lipinski definition) is 5. The van der Waals surface area contributed by atoms with Gasteiger partial charge in [-0.1, -0.05) is 12.1 Å². The lowest BCUT2D eigenvalue weighted by atomic mass is 10.1. The number of carboxylic acid groups (broad SMARTS) is 1. The van der Waals surface area contributed by atoms with Gasteiger partial charge in [0.1, 0.15) is 5.75 Å². The molecule has 7 heteroatoms. The van der Waals surface area contributed by atoms with Crippen molar-refractivity contribution in [3.8, 4) is 5.75 Å². The van der Waals surface area contributed by atoms with E-state index in [-0.39, 0.29) is 16.9 Å². The second-order valence-corrected chi connectivity index (χ2v) is 4.49. The first-order chi connectivity index (χ1) is 10.5. The van der Waals surface area contributed by atoms with E-state index < -0.39 is 10.9 Å². The van der Waals surface area contributed by atoms with Gasteiger partial charge >= 0.3 is 5.97 Å². The molecule has 2 N–H and O–H groups in total. The Bertz CT molecular complexity index is 698. The van der Waals surface area contributed by atoms with Crippen molar-refractivity contribution in [2.75, 3.05) is 12.4 Å². The summed E-state index contributed by atoms with van der Waals surface area (Å²) in [4.78, 5) is 21.4. The number of nitro benzene ring substituents is 1. The van der Waals surface area contributed by atoms with Crippen LogP contribution in [0, 0.1) is 10.1 Å². The molecule has 22 heavy (non-hydrogen) atoms. The molecule has 0 aliphatic rings. The monoisotopic (exact) mass is 302 g/mol. The average Bonchev–Trinajstić information content (AvgIpc) is 2.52. The van der Waals surface area contributed by atoms with Crippen LogP contribution in [0.5, 0.6) is 5.75 Å². The molecular weight excluding hydrogens is 288 g/mol. The fourth-order valence-corrected chi connectivity index (χ4v) is 1.92. The highest BCUT2D eigenvalue weighted by molar-refractivity contribution is 5.94. The summed E-state index contributed by atoms with van der Waals surface area (Å²) in [5, 5.41) is 22.8. The molecule has 0 saturated heterocycles. The second-order valence-electron chi connectivity index (χ2n) is 4.49. The Balaban J connectivity index is 2.20. The van der Waals surface area contributed by atoms with E-state index in [1.807, 2.05) is 12.1 Å². The maximum atomic E-state index is 11.2. The van der Waals surface area contributed by atoms with Gasteiger partial charge in [0.2, 0.25) is 0 Å². The SMILES string of the molecule is COc1ccc(CNc2cc([N+](=O)[O-])ccc2C(=O)O)cc1. The maximum Gasteiger partial charge on any atom is 0.337 e. The van der Waals surface area contributed by atoms with Gasteiger partial charge < -0.3 is 15.2 Å². The third-order valence-corrected chi connectivity index (χ3v) is 3.09. The second kappa shape index (κ2) is 6.57. The zero-order chi connectivity index (χ0) is 16.1. The number of rotatable bonds is 6. The lowest BCUT2D eigenvalue weighted by molar-refractivity contribution is -0.384. The van der Waals surface area contributed by atoms with Crippen LogP contribution in [0.15, 0.2) is 42.5 Å². The summed E-state index contributed by atoms with van der Waals surface area (Å²) in [6.45, 7) is 0.339. The summed E-state index contributed by atoms with van der Waals surface area (Å²) in [5.41, 5.74) is 0.919. The Kier molecular flexibility index (Phi) is 4.57. The molecular formula is C15H14N2O5. The minimum Gasteiger partial charge on any atom is -0.497 e. The lowest BCUT2D eigenvalue weighted by Gasteiger charge is -2.10. The van der Waals surface area contributed by atoms with E-state index >= 15 is 0 Å². The molecule has 0 aliphatic heterocycles. The van der Waals surface area contributed by atoms with E-state index in [1.54, 1.807) is 19.2 Å². The number of nitrogens with one attached hydrogen (secondary N) is 1. The third kappa shape index (κ3) is 3.51. The number of non-ortho nitro benzene ring substituents is 1. The van der Waals surface area contributed by atoms with Crippen LogP contribution in [-0.4, -0.2) is 23.1 Å². The molecule has 0 unspecified atom stereocenters. The summed E-state index contributed by atoms with van der Waals surface area (Å²) in [5.74, 6) is -0.433. The summed E-state index contributed by atoms with van der Waals surface area (Å²) in [7, 11) is 1.56. The largest absolute Gasteiger partial charge is 0.497 e. The lowest BCUT2D eigenvalue weighted by Crippen LogP contribution is -2.07. The van der Waals surface area contributed by atoms with Crippen LogP contribution >= 0.6 is 0 Å². The van der Waals surface area contributed by atoms with E-state index in [9.17, 15) is 14.9 Å². The summed E-state index contributed by atoms with van der Waals surface area (Å²) >= 11 is 0. The summed E-state index contributed by atoms with van der Waals surface area (Å²) < 4.78 is 5.05. The number of ether oxygens (including phenoxy) is 1. The molecule has 0 aromatic heterocycles. The first-order valence-corrected chi connectivity index (χ1v) is 6.40. The van der Waals surface area contributed by atoms with Gasteiger partial charge in [0.05, 0.1) is 23.3 Å². The fraction of sp³-hybridized carbons (Fsp3) is 0.133. The van der Waals surface area contributed by atoms with Gasteiger partial charge in [-0.15, -0.1) is 0 Å². The highest BCUT2D eigenvalue weighted by Crippen LogP contribution is 2.23. The van der Waals surface area contributed by atoms with Gasteiger partial charge in [0, 0.05) is 18.7 Å². The van der Waals surface area contributed by atoms with Crippen LogP contribution in [0.4, 0.5) is 11.4 Å². The van der Waals surface area contributed by atoms with Gasteiger partial charge in [0.15, 0.2) is 0 Å². The number of anilines is 1. The fourth-order valence-electron chi connectivity index (χ4n) is 1.92. The zero-order valence-corrected chi connectivity index (χ0v) is 11.8. The van der Waals surface area contributed by atoms with Crippen molar-refractivity contribution in [1.82, 2.24) is 0 Å². The van der Waals surface area contributed by atoms with Crippen LogP contribution < -0.4 is 10.1 Å². The maximum absolute atomic E-state index is 11.2. The molecule has 2 rings (SSSR count). The van der Waals surface area contributed by atoms with E-state index in [2.05, 4.69) is 5.32 Å². The van der Waals surface area contributed by atoms with E-state index in [4.69, 9.17) is 9.84 Å².